The van der Waals surface area contributed by atoms with Gasteiger partial charge in [0.25, 0.3) is 0 Å². The monoisotopic (exact) mass is 290 g/mol. The van der Waals surface area contributed by atoms with Gasteiger partial charge in [-0.25, -0.2) is 4.57 Å². The van der Waals surface area contributed by atoms with Crippen molar-refractivity contribution in [2.24, 2.45) is 0 Å². The minimum Gasteiger partial charge on any atom is -0.394 e. The van der Waals surface area contributed by atoms with Gasteiger partial charge < -0.3 is 35.3 Å². The number of Topliss-reactive ketones (excluding diaryl/α,β-unsaturated/α-hetero) is 1. The van der Waals surface area contributed by atoms with Crippen molar-refractivity contribution in [2.75, 3.05) is 19.8 Å². The van der Waals surface area contributed by atoms with Crippen LogP contribution in [0, 0.1) is 0 Å². The maximum absolute atomic E-state index is 11.2. The average Bonchev–Trinajstić information content (AvgIpc) is 2.31. The van der Waals surface area contributed by atoms with E-state index in [1.54, 1.807) is 0 Å². The van der Waals surface area contributed by atoms with Crippen molar-refractivity contribution >= 4 is 13.6 Å². The van der Waals surface area contributed by atoms with Crippen LogP contribution in [0.3, 0.4) is 0 Å². The number of aliphatic hydroxyl groups is 5. The van der Waals surface area contributed by atoms with Crippen LogP contribution in [0.15, 0.2) is 0 Å². The van der Waals surface area contributed by atoms with E-state index >= 15 is 0 Å². The molecule has 0 saturated carbocycles. The van der Waals surface area contributed by atoms with Crippen LogP contribution in [0.1, 0.15) is 0 Å². The summed E-state index contributed by atoms with van der Waals surface area (Å²) in [6.45, 7) is -3.57. The second-order valence-electron chi connectivity index (χ2n) is 3.48. The van der Waals surface area contributed by atoms with Crippen molar-refractivity contribution in [3.05, 3.63) is 0 Å². The third kappa shape index (κ3) is 4.69. The topological polar surface area (TPSA) is 185 Å². The fraction of sp³-hybridized carbons (Fsp3) is 0.857. The molecule has 0 radical (unpaired) electrons. The molecule has 0 saturated heterocycles. The first-order chi connectivity index (χ1) is 8.08. The van der Waals surface area contributed by atoms with E-state index in [1.807, 2.05) is 0 Å². The fourth-order valence-electron chi connectivity index (χ4n) is 1.04. The smallest absolute Gasteiger partial charge is 0.394 e. The van der Waals surface area contributed by atoms with Gasteiger partial charge in [0.05, 0.1) is 13.2 Å². The van der Waals surface area contributed by atoms with Gasteiger partial charge in [0.15, 0.2) is 5.78 Å². The minimum atomic E-state index is -4.94. The summed E-state index contributed by atoms with van der Waals surface area (Å²) in [5.41, 5.74) is -2.76. The van der Waals surface area contributed by atoms with Crippen LogP contribution in [0.5, 0.6) is 0 Å². The van der Waals surface area contributed by atoms with Gasteiger partial charge in [0, 0.05) is 0 Å². The highest BCUT2D eigenvalue weighted by molar-refractivity contribution is 7.46. The maximum Gasteiger partial charge on any atom is 0.470 e. The Hall–Kier alpha value is -0.420. The second-order valence-corrected chi connectivity index (χ2v) is 4.72. The van der Waals surface area contributed by atoms with Crippen LogP contribution in [0.25, 0.3) is 0 Å². The average molecular weight is 290 g/mol. The largest absolute Gasteiger partial charge is 0.470 e. The molecule has 0 spiro atoms. The van der Waals surface area contributed by atoms with Crippen molar-refractivity contribution in [3.63, 3.8) is 0 Å². The molecule has 10 nitrogen and oxygen atoms in total. The van der Waals surface area contributed by atoms with Gasteiger partial charge in [-0.1, -0.05) is 0 Å². The number of carbonyl (C=O) groups is 1. The molecule has 0 aromatic rings. The van der Waals surface area contributed by atoms with E-state index in [0.717, 1.165) is 0 Å². The zero-order valence-electron chi connectivity index (χ0n) is 9.08. The van der Waals surface area contributed by atoms with E-state index in [0.29, 0.717) is 0 Å². The van der Waals surface area contributed by atoms with E-state index in [4.69, 9.17) is 25.1 Å². The lowest BCUT2D eigenvalue weighted by molar-refractivity contribution is -0.184. The number of ketones is 1. The van der Waals surface area contributed by atoms with E-state index in [-0.39, 0.29) is 0 Å². The minimum absolute atomic E-state index is 1.05. The normalized spacial score (nSPS) is 19.1. The standard InChI is InChI=1S/C7H15O10P/c8-1-5(11)7(13,3-9)6(12)4(10)2-17-18(14,15)16/h5-6,8-9,11-13H,1-3H2,(H2,14,15,16). The predicted molar refractivity (Wildman–Crippen MR) is 54.1 cm³/mol. The predicted octanol–water partition coefficient (Wildman–Crippen LogP) is -3.90. The van der Waals surface area contributed by atoms with Gasteiger partial charge in [-0.15, -0.1) is 0 Å². The van der Waals surface area contributed by atoms with Gasteiger partial charge in [-0.3, -0.25) is 9.32 Å². The van der Waals surface area contributed by atoms with Gasteiger partial charge in [0.2, 0.25) is 0 Å². The first-order valence-electron chi connectivity index (χ1n) is 4.61. The summed E-state index contributed by atoms with van der Waals surface area (Å²) < 4.78 is 14.1. The highest BCUT2D eigenvalue weighted by Crippen LogP contribution is 2.35. The summed E-state index contributed by atoms with van der Waals surface area (Å²) in [5, 5.41) is 45.5. The maximum atomic E-state index is 11.2. The molecule has 0 aromatic carbocycles. The van der Waals surface area contributed by atoms with Gasteiger partial charge >= 0.3 is 7.82 Å². The van der Waals surface area contributed by atoms with Crippen LogP contribution >= 0.6 is 7.82 Å². The third-order valence-corrected chi connectivity index (χ3v) is 2.62. The molecule has 7 N–H and O–H groups in total. The Kier molecular flexibility index (Phi) is 6.51. The number of aliphatic hydroxyl groups excluding tert-OH is 4. The molecule has 0 aliphatic rings. The van der Waals surface area contributed by atoms with E-state index in [9.17, 15) is 19.6 Å². The number of phosphoric acid groups is 1. The van der Waals surface area contributed by atoms with E-state index < -0.39 is 51.2 Å². The molecular weight excluding hydrogens is 275 g/mol. The van der Waals surface area contributed by atoms with Crippen molar-refractivity contribution in [1.82, 2.24) is 0 Å². The van der Waals surface area contributed by atoms with Crippen LogP contribution in [0.2, 0.25) is 0 Å². The zero-order chi connectivity index (χ0) is 14.6. The Bertz CT molecular complexity index is 326. The SMILES string of the molecule is O=C(COP(=O)(O)O)C(O)C(O)(CO)C(O)CO. The number of carbonyl (C=O) groups excluding carboxylic acids is 1. The molecule has 0 aliphatic heterocycles. The Morgan fingerprint density at radius 3 is 2.11 bits per heavy atom. The molecule has 0 amide bonds. The Morgan fingerprint density at radius 2 is 1.78 bits per heavy atom. The summed E-state index contributed by atoms with van der Waals surface area (Å²) in [6.07, 6.45) is -4.42. The van der Waals surface area contributed by atoms with Crippen molar-refractivity contribution in [3.8, 4) is 0 Å². The molecule has 18 heavy (non-hydrogen) atoms. The zero-order valence-corrected chi connectivity index (χ0v) is 9.97. The third-order valence-electron chi connectivity index (χ3n) is 2.16. The molecule has 3 unspecified atom stereocenters. The molecular formula is C7H15O10P. The van der Waals surface area contributed by atoms with Crippen molar-refractivity contribution in [2.45, 2.75) is 17.8 Å². The van der Waals surface area contributed by atoms with Gasteiger partial charge in [-0.05, 0) is 0 Å². The molecule has 0 fully saturated rings. The molecule has 0 heterocycles. The van der Waals surface area contributed by atoms with E-state index in [1.165, 1.54) is 0 Å². The molecule has 3 atom stereocenters. The Balaban J connectivity index is 4.74. The highest BCUT2D eigenvalue weighted by atomic mass is 31.2. The first kappa shape index (κ1) is 17.6. The molecule has 0 aromatic heterocycles. The second kappa shape index (κ2) is 6.66. The van der Waals surface area contributed by atoms with Crippen LogP contribution in [0.4, 0.5) is 0 Å². The summed E-state index contributed by atoms with van der Waals surface area (Å²) >= 11 is 0. The van der Waals surface area contributed by atoms with Crippen LogP contribution in [-0.2, 0) is 13.9 Å². The molecule has 11 heteroatoms. The molecule has 0 rings (SSSR count). The van der Waals surface area contributed by atoms with Crippen LogP contribution < -0.4 is 0 Å². The first-order valence-corrected chi connectivity index (χ1v) is 6.14. The lowest BCUT2D eigenvalue weighted by Gasteiger charge is -2.33. The number of hydrogen-bond acceptors (Lipinski definition) is 8. The number of phosphoric ester groups is 1. The summed E-state index contributed by atoms with van der Waals surface area (Å²) in [4.78, 5) is 27.9. The van der Waals surface area contributed by atoms with Gasteiger partial charge in [-0.2, -0.15) is 0 Å². The number of hydrogen-bond donors (Lipinski definition) is 7. The fourth-order valence-corrected chi connectivity index (χ4v) is 1.33. The Labute approximate surface area is 101 Å². The Morgan fingerprint density at radius 1 is 1.28 bits per heavy atom. The quantitative estimate of drug-likeness (QED) is 0.218. The summed E-state index contributed by atoms with van der Waals surface area (Å²) in [6, 6.07) is 0. The lowest BCUT2D eigenvalue weighted by Crippen LogP contribution is -2.59. The molecule has 0 aliphatic carbocycles. The van der Waals surface area contributed by atoms with Gasteiger partial charge in [0.1, 0.15) is 24.4 Å². The summed E-state index contributed by atoms with van der Waals surface area (Å²) in [5.74, 6) is -1.39. The van der Waals surface area contributed by atoms with E-state index in [2.05, 4.69) is 4.52 Å². The highest BCUT2D eigenvalue weighted by Gasteiger charge is 2.46. The number of rotatable bonds is 8. The van der Waals surface area contributed by atoms with Crippen molar-refractivity contribution < 1.29 is 49.2 Å². The van der Waals surface area contributed by atoms with Crippen molar-refractivity contribution in [1.29, 1.82) is 0 Å². The molecule has 0 bridgehead atoms. The van der Waals surface area contributed by atoms with Crippen LogP contribution in [-0.4, -0.2) is 78.7 Å². The lowest BCUT2D eigenvalue weighted by atomic mass is 9.89. The molecule has 108 valence electrons. The summed E-state index contributed by atoms with van der Waals surface area (Å²) in [7, 11) is -4.94.